The highest BCUT2D eigenvalue weighted by atomic mass is 16.2. The summed E-state index contributed by atoms with van der Waals surface area (Å²) in [5.74, 6) is -0.302. The van der Waals surface area contributed by atoms with E-state index in [2.05, 4.69) is 10.2 Å². The van der Waals surface area contributed by atoms with Crippen molar-refractivity contribution < 1.29 is 14.4 Å². The lowest BCUT2D eigenvalue weighted by Crippen LogP contribution is -2.56. The standard InChI is InChI=1S/C28H34N4O3/c1-19-9-11-22(20(2)16-19)29-26(33)18-32-25-17-21(27(34)30-13-5-3-6-14-30)10-12-23(25)31-15-7-4-8-24(31)28(32)35/h9-12,16-17,24H,3-8,13-15,18H2,1-2H3,(H,29,33)/t24-/m0/s1. The molecule has 0 saturated carbocycles. The summed E-state index contributed by atoms with van der Waals surface area (Å²) in [4.78, 5) is 45.6. The van der Waals surface area contributed by atoms with E-state index in [1.807, 2.05) is 55.1 Å². The van der Waals surface area contributed by atoms with Gasteiger partial charge in [-0.3, -0.25) is 19.3 Å². The van der Waals surface area contributed by atoms with Crippen LogP contribution in [0.4, 0.5) is 17.1 Å². The first kappa shape index (κ1) is 23.4. The second-order valence-corrected chi connectivity index (χ2v) is 10.1. The van der Waals surface area contributed by atoms with Crippen molar-refractivity contribution in [2.24, 2.45) is 0 Å². The maximum absolute atomic E-state index is 13.6. The number of benzene rings is 2. The number of piperidine rings is 2. The zero-order valence-electron chi connectivity index (χ0n) is 20.7. The Labute approximate surface area is 207 Å². The van der Waals surface area contributed by atoms with Gasteiger partial charge >= 0.3 is 0 Å². The second-order valence-electron chi connectivity index (χ2n) is 10.1. The maximum atomic E-state index is 13.6. The fraction of sp³-hybridized carbons (Fsp3) is 0.464. The lowest BCUT2D eigenvalue weighted by molar-refractivity contribution is -0.123. The van der Waals surface area contributed by atoms with E-state index in [1.54, 1.807) is 4.90 Å². The molecule has 2 aromatic carbocycles. The van der Waals surface area contributed by atoms with Gasteiger partial charge in [0.25, 0.3) is 5.91 Å². The number of fused-ring (bicyclic) bond motifs is 3. The average molecular weight is 475 g/mol. The average Bonchev–Trinajstić information content (AvgIpc) is 2.88. The van der Waals surface area contributed by atoms with Crippen molar-refractivity contribution >= 4 is 34.8 Å². The number of nitrogens with one attached hydrogen (secondary N) is 1. The smallest absolute Gasteiger partial charge is 0.253 e. The number of carbonyl (C=O) groups excluding carboxylic acids is 3. The van der Waals surface area contributed by atoms with Crippen molar-refractivity contribution in [1.82, 2.24) is 4.90 Å². The van der Waals surface area contributed by atoms with Gasteiger partial charge in [-0.15, -0.1) is 0 Å². The molecule has 7 nitrogen and oxygen atoms in total. The molecular formula is C28H34N4O3. The molecule has 1 N–H and O–H groups in total. The predicted octanol–water partition coefficient (Wildman–Crippen LogP) is 4.27. The molecule has 2 fully saturated rings. The summed E-state index contributed by atoms with van der Waals surface area (Å²) in [5, 5.41) is 2.98. The molecule has 0 spiro atoms. The van der Waals surface area contributed by atoms with Crippen LogP contribution < -0.4 is 15.1 Å². The summed E-state index contributed by atoms with van der Waals surface area (Å²) < 4.78 is 0. The molecule has 3 heterocycles. The molecular weight excluding hydrogens is 440 g/mol. The third-order valence-electron chi connectivity index (χ3n) is 7.48. The van der Waals surface area contributed by atoms with Crippen LogP contribution in [0.5, 0.6) is 0 Å². The predicted molar refractivity (Wildman–Crippen MR) is 138 cm³/mol. The Hall–Kier alpha value is -3.35. The highest BCUT2D eigenvalue weighted by Gasteiger charge is 2.40. The van der Waals surface area contributed by atoms with E-state index < -0.39 is 0 Å². The molecule has 3 aliphatic heterocycles. The quantitative estimate of drug-likeness (QED) is 0.718. The van der Waals surface area contributed by atoms with Gasteiger partial charge in [0, 0.05) is 30.9 Å². The first-order valence-corrected chi connectivity index (χ1v) is 12.8. The van der Waals surface area contributed by atoms with Gasteiger partial charge < -0.3 is 15.1 Å². The summed E-state index contributed by atoms with van der Waals surface area (Å²) in [5.41, 5.74) is 5.03. The largest absolute Gasteiger partial charge is 0.358 e. The zero-order chi connectivity index (χ0) is 24.5. The Kier molecular flexibility index (Phi) is 6.50. The van der Waals surface area contributed by atoms with Gasteiger partial charge in [0.05, 0.1) is 11.4 Å². The van der Waals surface area contributed by atoms with Gasteiger partial charge in [-0.25, -0.2) is 0 Å². The van der Waals surface area contributed by atoms with Gasteiger partial charge in [0.15, 0.2) is 0 Å². The molecule has 7 heteroatoms. The van der Waals surface area contributed by atoms with Crippen LogP contribution in [0.15, 0.2) is 36.4 Å². The van der Waals surface area contributed by atoms with Crippen molar-refractivity contribution in [2.45, 2.75) is 58.4 Å². The molecule has 0 bridgehead atoms. The van der Waals surface area contributed by atoms with E-state index in [0.29, 0.717) is 11.3 Å². The van der Waals surface area contributed by atoms with Crippen molar-refractivity contribution in [2.75, 3.05) is 41.3 Å². The number of aryl methyl sites for hydroxylation is 2. The third kappa shape index (κ3) is 4.64. The number of rotatable bonds is 4. The molecule has 2 saturated heterocycles. The Morgan fingerprint density at radius 2 is 1.69 bits per heavy atom. The zero-order valence-corrected chi connectivity index (χ0v) is 20.7. The van der Waals surface area contributed by atoms with Gasteiger partial charge in [-0.1, -0.05) is 17.7 Å². The van der Waals surface area contributed by atoms with Crippen LogP contribution in [0, 0.1) is 13.8 Å². The van der Waals surface area contributed by atoms with E-state index >= 15 is 0 Å². The summed E-state index contributed by atoms with van der Waals surface area (Å²) >= 11 is 0. The topological polar surface area (TPSA) is 73.0 Å². The number of likely N-dealkylation sites (tertiary alicyclic amines) is 1. The number of hydrogen-bond donors (Lipinski definition) is 1. The van der Waals surface area contributed by atoms with E-state index in [-0.39, 0.29) is 30.3 Å². The van der Waals surface area contributed by atoms with Crippen LogP contribution in [-0.2, 0) is 9.59 Å². The Balaban J connectivity index is 1.45. The van der Waals surface area contributed by atoms with E-state index in [4.69, 9.17) is 0 Å². The van der Waals surface area contributed by atoms with E-state index in [9.17, 15) is 14.4 Å². The molecule has 0 radical (unpaired) electrons. The van der Waals surface area contributed by atoms with Gasteiger partial charge in [-0.2, -0.15) is 0 Å². The fourth-order valence-corrected chi connectivity index (χ4v) is 5.62. The normalized spacial score (nSPS) is 19.8. The second kappa shape index (κ2) is 9.72. The number of nitrogens with zero attached hydrogens (tertiary/aromatic N) is 3. The van der Waals surface area contributed by atoms with Crippen LogP contribution in [0.1, 0.15) is 60.0 Å². The van der Waals surface area contributed by atoms with Crippen molar-refractivity contribution in [3.05, 3.63) is 53.1 Å². The van der Waals surface area contributed by atoms with E-state index in [0.717, 1.165) is 80.7 Å². The molecule has 35 heavy (non-hydrogen) atoms. The van der Waals surface area contributed by atoms with Crippen LogP contribution in [0.2, 0.25) is 0 Å². The van der Waals surface area contributed by atoms with Crippen molar-refractivity contribution in [3.8, 4) is 0 Å². The van der Waals surface area contributed by atoms with Gasteiger partial charge in [0.1, 0.15) is 12.6 Å². The SMILES string of the molecule is Cc1ccc(NC(=O)CN2C(=O)[C@@H]3CCCCN3c3ccc(C(=O)N4CCCCC4)cc32)c(C)c1. The molecule has 3 aliphatic rings. The lowest BCUT2D eigenvalue weighted by Gasteiger charge is -2.45. The molecule has 184 valence electrons. The van der Waals surface area contributed by atoms with Crippen molar-refractivity contribution in [1.29, 1.82) is 0 Å². The molecule has 0 unspecified atom stereocenters. The monoisotopic (exact) mass is 474 g/mol. The van der Waals surface area contributed by atoms with Crippen LogP contribution in [0.3, 0.4) is 0 Å². The van der Waals surface area contributed by atoms with Crippen molar-refractivity contribution in [3.63, 3.8) is 0 Å². The Bertz CT molecular complexity index is 1150. The summed E-state index contributed by atoms with van der Waals surface area (Å²) in [6, 6.07) is 11.3. The minimum Gasteiger partial charge on any atom is -0.358 e. The number of amides is 3. The summed E-state index contributed by atoms with van der Waals surface area (Å²) in [6.07, 6.45) is 6.01. The van der Waals surface area contributed by atoms with Crippen LogP contribution in [0.25, 0.3) is 0 Å². The van der Waals surface area contributed by atoms with Gasteiger partial charge in [-0.05, 0) is 82.2 Å². The van der Waals surface area contributed by atoms with E-state index in [1.165, 1.54) is 0 Å². The Morgan fingerprint density at radius 3 is 2.46 bits per heavy atom. The van der Waals surface area contributed by atoms with Gasteiger partial charge in [0.2, 0.25) is 11.8 Å². The molecule has 1 atom stereocenters. The minimum absolute atomic E-state index is 0.000369. The summed E-state index contributed by atoms with van der Waals surface area (Å²) in [7, 11) is 0. The first-order chi connectivity index (χ1) is 16.9. The first-order valence-electron chi connectivity index (χ1n) is 12.8. The number of carbonyl (C=O) groups is 3. The fourth-order valence-electron chi connectivity index (χ4n) is 5.62. The van der Waals surface area contributed by atoms with Crippen LogP contribution in [-0.4, -0.2) is 54.8 Å². The molecule has 0 aromatic heterocycles. The maximum Gasteiger partial charge on any atom is 0.253 e. The molecule has 2 aromatic rings. The molecule has 3 amide bonds. The highest BCUT2D eigenvalue weighted by Crippen LogP contribution is 2.40. The van der Waals surface area contributed by atoms with Crippen LogP contribution >= 0.6 is 0 Å². The highest BCUT2D eigenvalue weighted by molar-refractivity contribution is 6.11. The Morgan fingerprint density at radius 1 is 0.914 bits per heavy atom. The number of hydrogen-bond acceptors (Lipinski definition) is 4. The summed E-state index contributed by atoms with van der Waals surface area (Å²) in [6.45, 7) is 6.25. The third-order valence-corrected chi connectivity index (χ3v) is 7.48. The molecule has 0 aliphatic carbocycles. The minimum atomic E-state index is -0.256. The number of anilines is 3. The molecule has 5 rings (SSSR count). The lowest BCUT2D eigenvalue weighted by atomic mass is 9.95.